The Labute approximate surface area is 114 Å². The Bertz CT molecular complexity index is 429. The van der Waals surface area contributed by atoms with Gasteiger partial charge in [-0.05, 0) is 55.2 Å². The highest BCUT2D eigenvalue weighted by atomic mass is 19.1. The lowest BCUT2D eigenvalue weighted by atomic mass is 9.89. The Hall–Kier alpha value is -0.930. The summed E-state index contributed by atoms with van der Waals surface area (Å²) in [6, 6.07) is 7.27. The van der Waals surface area contributed by atoms with Crippen molar-refractivity contribution >= 4 is 0 Å². The van der Waals surface area contributed by atoms with Crippen LogP contribution in [0.5, 0.6) is 0 Å². The summed E-state index contributed by atoms with van der Waals surface area (Å²) >= 11 is 0. The van der Waals surface area contributed by atoms with Crippen LogP contribution in [0.3, 0.4) is 0 Å². The number of likely N-dealkylation sites (tertiary alicyclic amines) is 1. The number of piperidine rings is 1. The van der Waals surface area contributed by atoms with Crippen LogP contribution in [0.2, 0.25) is 0 Å². The Kier molecular flexibility index (Phi) is 3.85. The summed E-state index contributed by atoms with van der Waals surface area (Å²) in [6.07, 6.45) is 4.80. The lowest BCUT2D eigenvalue weighted by Crippen LogP contribution is -2.48. The van der Waals surface area contributed by atoms with Crippen molar-refractivity contribution in [1.82, 2.24) is 4.90 Å². The first-order valence-corrected chi connectivity index (χ1v) is 7.41. The third-order valence-electron chi connectivity index (χ3n) is 4.27. The molecule has 19 heavy (non-hydrogen) atoms. The summed E-state index contributed by atoms with van der Waals surface area (Å²) < 4.78 is 13.2. The number of nitrogens with zero attached hydrogens (tertiary/aromatic N) is 1. The molecule has 3 heteroatoms. The molecule has 2 unspecified atom stereocenters. The molecule has 1 saturated carbocycles. The van der Waals surface area contributed by atoms with Crippen LogP contribution in [-0.2, 0) is 6.42 Å². The van der Waals surface area contributed by atoms with E-state index in [1.807, 2.05) is 6.07 Å². The predicted molar refractivity (Wildman–Crippen MR) is 75.4 cm³/mol. The Morgan fingerprint density at radius 2 is 2.05 bits per heavy atom. The third kappa shape index (κ3) is 3.77. The molecule has 1 aromatic carbocycles. The number of halogens is 1. The number of rotatable bonds is 4. The van der Waals surface area contributed by atoms with E-state index < -0.39 is 0 Å². The SMILES string of the molecule is NC1CC(Cc2cccc(F)c2)CN(CC2CC2)C1. The molecule has 0 aromatic heterocycles. The highest BCUT2D eigenvalue weighted by molar-refractivity contribution is 5.17. The highest BCUT2D eigenvalue weighted by Crippen LogP contribution is 2.31. The molecule has 104 valence electrons. The first kappa shape index (κ1) is 13.1. The maximum absolute atomic E-state index is 13.2. The zero-order valence-corrected chi connectivity index (χ0v) is 11.4. The molecule has 2 nitrogen and oxygen atoms in total. The van der Waals surface area contributed by atoms with Crippen LogP contribution in [0.15, 0.2) is 24.3 Å². The minimum Gasteiger partial charge on any atom is -0.327 e. The van der Waals surface area contributed by atoms with Crippen molar-refractivity contribution in [2.45, 2.75) is 31.7 Å². The average Bonchev–Trinajstić information content (AvgIpc) is 3.12. The fraction of sp³-hybridized carbons (Fsp3) is 0.625. The largest absolute Gasteiger partial charge is 0.327 e. The molecular formula is C16H23FN2. The fourth-order valence-corrected chi connectivity index (χ4v) is 3.31. The molecule has 0 amide bonds. The monoisotopic (exact) mass is 262 g/mol. The van der Waals surface area contributed by atoms with Crippen molar-refractivity contribution in [1.29, 1.82) is 0 Å². The van der Waals surface area contributed by atoms with Crippen LogP contribution in [-0.4, -0.2) is 30.6 Å². The first-order chi connectivity index (χ1) is 9.19. The van der Waals surface area contributed by atoms with Crippen LogP contribution in [0.25, 0.3) is 0 Å². The molecule has 0 spiro atoms. The molecule has 1 aliphatic heterocycles. The van der Waals surface area contributed by atoms with Crippen LogP contribution >= 0.6 is 0 Å². The van der Waals surface area contributed by atoms with Crippen molar-refractivity contribution in [3.05, 3.63) is 35.6 Å². The number of nitrogens with two attached hydrogens (primary N) is 1. The summed E-state index contributed by atoms with van der Waals surface area (Å²) in [5.41, 5.74) is 7.28. The molecule has 2 fully saturated rings. The van der Waals surface area contributed by atoms with Crippen molar-refractivity contribution < 1.29 is 4.39 Å². The molecule has 1 heterocycles. The molecule has 1 saturated heterocycles. The van der Waals surface area contributed by atoms with Gasteiger partial charge in [0.25, 0.3) is 0 Å². The van der Waals surface area contributed by atoms with Crippen molar-refractivity contribution in [3.63, 3.8) is 0 Å². The van der Waals surface area contributed by atoms with Gasteiger partial charge in [0, 0.05) is 25.7 Å². The lowest BCUT2D eigenvalue weighted by Gasteiger charge is -2.36. The predicted octanol–water partition coefficient (Wildman–Crippen LogP) is 2.43. The maximum Gasteiger partial charge on any atom is 0.123 e. The summed E-state index contributed by atoms with van der Waals surface area (Å²) in [6.45, 7) is 3.38. The summed E-state index contributed by atoms with van der Waals surface area (Å²) in [5.74, 6) is 1.36. The minimum atomic E-state index is -0.132. The summed E-state index contributed by atoms with van der Waals surface area (Å²) in [5, 5.41) is 0. The van der Waals surface area contributed by atoms with Gasteiger partial charge in [-0.3, -0.25) is 0 Å². The Balaban J connectivity index is 1.59. The van der Waals surface area contributed by atoms with Crippen LogP contribution in [0.4, 0.5) is 4.39 Å². The van der Waals surface area contributed by atoms with Crippen LogP contribution in [0.1, 0.15) is 24.8 Å². The van der Waals surface area contributed by atoms with Gasteiger partial charge in [-0.15, -0.1) is 0 Å². The second-order valence-corrected chi connectivity index (χ2v) is 6.36. The number of benzene rings is 1. The van der Waals surface area contributed by atoms with Gasteiger partial charge in [0.15, 0.2) is 0 Å². The zero-order valence-electron chi connectivity index (χ0n) is 11.4. The molecule has 0 bridgehead atoms. The van der Waals surface area contributed by atoms with Crippen molar-refractivity contribution in [2.75, 3.05) is 19.6 Å². The van der Waals surface area contributed by atoms with E-state index in [1.165, 1.54) is 25.5 Å². The van der Waals surface area contributed by atoms with E-state index in [-0.39, 0.29) is 11.9 Å². The van der Waals surface area contributed by atoms with Gasteiger partial charge in [0.05, 0.1) is 0 Å². The maximum atomic E-state index is 13.2. The Morgan fingerprint density at radius 3 is 2.79 bits per heavy atom. The summed E-state index contributed by atoms with van der Waals surface area (Å²) in [4.78, 5) is 2.52. The van der Waals surface area contributed by atoms with E-state index in [2.05, 4.69) is 4.90 Å². The standard InChI is InChI=1S/C16H23FN2/c17-15-3-1-2-13(7-15)6-14-8-16(18)11-19(10-14)9-12-4-5-12/h1-3,7,12,14,16H,4-6,8-11,18H2. The smallest absolute Gasteiger partial charge is 0.123 e. The average molecular weight is 262 g/mol. The Morgan fingerprint density at radius 1 is 1.21 bits per heavy atom. The van der Waals surface area contributed by atoms with E-state index >= 15 is 0 Å². The second-order valence-electron chi connectivity index (χ2n) is 6.36. The van der Waals surface area contributed by atoms with E-state index in [0.717, 1.165) is 37.4 Å². The van der Waals surface area contributed by atoms with E-state index in [4.69, 9.17) is 5.73 Å². The normalized spacial score (nSPS) is 28.5. The lowest BCUT2D eigenvalue weighted by molar-refractivity contribution is 0.150. The third-order valence-corrected chi connectivity index (χ3v) is 4.27. The van der Waals surface area contributed by atoms with Gasteiger partial charge in [0.2, 0.25) is 0 Å². The van der Waals surface area contributed by atoms with Gasteiger partial charge < -0.3 is 10.6 Å². The van der Waals surface area contributed by atoms with E-state index in [0.29, 0.717) is 5.92 Å². The van der Waals surface area contributed by atoms with Gasteiger partial charge in [-0.1, -0.05) is 12.1 Å². The fourth-order valence-electron chi connectivity index (χ4n) is 3.31. The second kappa shape index (κ2) is 5.59. The molecule has 1 aromatic rings. The van der Waals surface area contributed by atoms with Crippen LogP contribution in [0, 0.1) is 17.7 Å². The molecule has 0 radical (unpaired) electrons. The molecule has 3 rings (SSSR count). The van der Waals surface area contributed by atoms with Crippen molar-refractivity contribution in [3.8, 4) is 0 Å². The molecule has 1 aliphatic carbocycles. The van der Waals surface area contributed by atoms with Gasteiger partial charge in [0.1, 0.15) is 5.82 Å². The highest BCUT2D eigenvalue weighted by Gasteiger charge is 2.30. The number of hydrogen-bond donors (Lipinski definition) is 1. The van der Waals surface area contributed by atoms with E-state index in [9.17, 15) is 4.39 Å². The topological polar surface area (TPSA) is 29.3 Å². The molecule has 2 aliphatic rings. The molecular weight excluding hydrogens is 239 g/mol. The van der Waals surface area contributed by atoms with Gasteiger partial charge >= 0.3 is 0 Å². The number of hydrogen-bond acceptors (Lipinski definition) is 2. The molecule has 2 N–H and O–H groups in total. The van der Waals surface area contributed by atoms with E-state index in [1.54, 1.807) is 12.1 Å². The van der Waals surface area contributed by atoms with Crippen molar-refractivity contribution in [2.24, 2.45) is 17.6 Å². The van der Waals surface area contributed by atoms with Gasteiger partial charge in [-0.2, -0.15) is 0 Å². The minimum absolute atomic E-state index is 0.132. The zero-order chi connectivity index (χ0) is 13.2. The first-order valence-electron chi connectivity index (χ1n) is 7.41. The summed E-state index contributed by atoms with van der Waals surface area (Å²) in [7, 11) is 0. The van der Waals surface area contributed by atoms with Gasteiger partial charge in [-0.25, -0.2) is 4.39 Å². The quantitative estimate of drug-likeness (QED) is 0.903. The molecule has 2 atom stereocenters. The van der Waals surface area contributed by atoms with Crippen LogP contribution < -0.4 is 5.73 Å².